The Bertz CT molecular complexity index is 352. The summed E-state index contributed by atoms with van der Waals surface area (Å²) < 4.78 is 10.7. The number of amides is 1. The first-order valence-electron chi connectivity index (χ1n) is 8.11. The molecule has 0 spiro atoms. The highest BCUT2D eigenvalue weighted by molar-refractivity contribution is 5.81. The number of hydrogen-bond acceptors (Lipinski definition) is 4. The summed E-state index contributed by atoms with van der Waals surface area (Å²) >= 11 is 0. The highest BCUT2D eigenvalue weighted by atomic mass is 16.5. The Balaban J connectivity index is 2.36. The number of ether oxygens (including phenoxy) is 2. The zero-order valence-electron chi connectivity index (χ0n) is 13.8. The Morgan fingerprint density at radius 2 is 1.91 bits per heavy atom. The second kappa shape index (κ2) is 9.79. The monoisotopic (exact) mass is 315 g/mol. The van der Waals surface area contributed by atoms with E-state index in [2.05, 4.69) is 19.2 Å². The van der Waals surface area contributed by atoms with Crippen LogP contribution in [-0.2, 0) is 19.1 Å². The van der Waals surface area contributed by atoms with Crippen molar-refractivity contribution in [1.82, 2.24) is 5.32 Å². The fraction of sp³-hybridized carbons (Fsp3) is 0.875. The molecule has 0 aromatic heterocycles. The summed E-state index contributed by atoms with van der Waals surface area (Å²) in [6, 6.07) is 0. The summed E-state index contributed by atoms with van der Waals surface area (Å²) in [7, 11) is 0. The molecule has 2 unspecified atom stereocenters. The van der Waals surface area contributed by atoms with E-state index in [4.69, 9.17) is 9.47 Å². The van der Waals surface area contributed by atoms with Gasteiger partial charge in [0.05, 0.1) is 5.92 Å². The first kappa shape index (κ1) is 18.9. The maximum atomic E-state index is 12.0. The van der Waals surface area contributed by atoms with E-state index < -0.39 is 18.0 Å². The molecule has 1 fully saturated rings. The van der Waals surface area contributed by atoms with Crippen molar-refractivity contribution in [2.45, 2.75) is 46.1 Å². The average molecular weight is 315 g/mol. The average Bonchev–Trinajstić information content (AvgIpc) is 2.47. The van der Waals surface area contributed by atoms with E-state index in [0.717, 1.165) is 19.3 Å². The molecular weight excluding hydrogens is 286 g/mol. The standard InChI is InChI=1S/C16H29NO5/c1-11(2)4-9-22-12(3)15(18)17-10-14(16(19)20)13-5-7-21-8-6-13/h11-14H,4-10H2,1-3H3,(H,17,18)(H,19,20). The van der Waals surface area contributed by atoms with Crippen LogP contribution in [0.25, 0.3) is 0 Å². The molecule has 0 aromatic carbocycles. The van der Waals surface area contributed by atoms with E-state index in [0.29, 0.717) is 25.7 Å². The van der Waals surface area contributed by atoms with Gasteiger partial charge >= 0.3 is 5.97 Å². The van der Waals surface area contributed by atoms with E-state index >= 15 is 0 Å². The minimum Gasteiger partial charge on any atom is -0.481 e. The van der Waals surface area contributed by atoms with Gasteiger partial charge in [-0.05, 0) is 38.0 Å². The van der Waals surface area contributed by atoms with Crippen molar-refractivity contribution < 1.29 is 24.2 Å². The summed E-state index contributed by atoms with van der Waals surface area (Å²) in [5.74, 6) is -1.08. The molecule has 2 N–H and O–H groups in total. The van der Waals surface area contributed by atoms with Gasteiger partial charge in [0.1, 0.15) is 6.10 Å². The van der Waals surface area contributed by atoms with Crippen molar-refractivity contribution in [2.24, 2.45) is 17.8 Å². The molecule has 22 heavy (non-hydrogen) atoms. The minimum absolute atomic E-state index is 0.0590. The molecule has 128 valence electrons. The maximum absolute atomic E-state index is 12.0. The predicted molar refractivity (Wildman–Crippen MR) is 82.5 cm³/mol. The summed E-state index contributed by atoms with van der Waals surface area (Å²) in [4.78, 5) is 23.4. The van der Waals surface area contributed by atoms with Crippen molar-refractivity contribution in [1.29, 1.82) is 0 Å². The summed E-state index contributed by atoms with van der Waals surface area (Å²) in [6.45, 7) is 7.76. The Labute approximate surface area is 132 Å². The fourth-order valence-electron chi connectivity index (χ4n) is 2.48. The largest absolute Gasteiger partial charge is 0.481 e. The lowest BCUT2D eigenvalue weighted by molar-refractivity contribution is -0.145. The topological polar surface area (TPSA) is 84.9 Å². The first-order chi connectivity index (χ1) is 10.4. The van der Waals surface area contributed by atoms with E-state index in [-0.39, 0.29) is 18.4 Å². The number of aliphatic carboxylic acids is 1. The maximum Gasteiger partial charge on any atom is 0.308 e. The summed E-state index contributed by atoms with van der Waals surface area (Å²) in [6.07, 6.45) is 1.81. The number of carbonyl (C=O) groups is 2. The van der Waals surface area contributed by atoms with E-state index in [1.165, 1.54) is 0 Å². The third-order valence-corrected chi connectivity index (χ3v) is 4.08. The molecular formula is C16H29NO5. The molecule has 1 heterocycles. The number of carboxylic acids is 1. The molecule has 1 aliphatic heterocycles. The molecule has 0 bridgehead atoms. The van der Waals surface area contributed by atoms with Crippen molar-refractivity contribution in [2.75, 3.05) is 26.4 Å². The molecule has 0 aliphatic carbocycles. The van der Waals surface area contributed by atoms with Crippen molar-refractivity contribution >= 4 is 11.9 Å². The van der Waals surface area contributed by atoms with Gasteiger partial charge < -0.3 is 19.9 Å². The fourth-order valence-corrected chi connectivity index (χ4v) is 2.48. The third-order valence-electron chi connectivity index (χ3n) is 4.08. The lowest BCUT2D eigenvalue weighted by atomic mass is 9.86. The number of carboxylic acid groups (broad SMARTS) is 1. The van der Waals surface area contributed by atoms with Crippen LogP contribution in [0.5, 0.6) is 0 Å². The quantitative estimate of drug-likeness (QED) is 0.676. The predicted octanol–water partition coefficient (Wildman–Crippen LogP) is 1.68. The van der Waals surface area contributed by atoms with Crippen molar-refractivity contribution in [3.8, 4) is 0 Å². The van der Waals surface area contributed by atoms with Crippen LogP contribution in [-0.4, -0.2) is 49.5 Å². The van der Waals surface area contributed by atoms with Crippen LogP contribution in [0.4, 0.5) is 0 Å². The van der Waals surface area contributed by atoms with Crippen LogP contribution >= 0.6 is 0 Å². The van der Waals surface area contributed by atoms with Gasteiger partial charge in [-0.15, -0.1) is 0 Å². The molecule has 2 atom stereocenters. The van der Waals surface area contributed by atoms with Gasteiger partial charge in [-0.2, -0.15) is 0 Å². The number of rotatable bonds is 9. The second-order valence-electron chi connectivity index (χ2n) is 6.34. The van der Waals surface area contributed by atoms with Gasteiger partial charge in [-0.25, -0.2) is 0 Å². The highest BCUT2D eigenvalue weighted by Gasteiger charge is 2.30. The molecule has 0 saturated carbocycles. The molecule has 0 radical (unpaired) electrons. The van der Waals surface area contributed by atoms with Gasteiger partial charge in [-0.1, -0.05) is 13.8 Å². The van der Waals surface area contributed by atoms with Gasteiger partial charge in [0, 0.05) is 26.4 Å². The minimum atomic E-state index is -0.861. The zero-order chi connectivity index (χ0) is 16.5. The number of hydrogen-bond donors (Lipinski definition) is 2. The summed E-state index contributed by atoms with van der Waals surface area (Å²) in [5, 5.41) is 12.1. The molecule has 1 amide bonds. The van der Waals surface area contributed by atoms with Gasteiger partial charge in [0.15, 0.2) is 0 Å². The third kappa shape index (κ3) is 6.75. The smallest absolute Gasteiger partial charge is 0.308 e. The van der Waals surface area contributed by atoms with E-state index in [1.54, 1.807) is 6.92 Å². The molecule has 0 aromatic rings. The first-order valence-corrected chi connectivity index (χ1v) is 8.11. The van der Waals surface area contributed by atoms with Crippen molar-refractivity contribution in [3.05, 3.63) is 0 Å². The highest BCUT2D eigenvalue weighted by Crippen LogP contribution is 2.23. The second-order valence-corrected chi connectivity index (χ2v) is 6.34. The lowest BCUT2D eigenvalue weighted by Crippen LogP contribution is -2.42. The Morgan fingerprint density at radius 3 is 2.45 bits per heavy atom. The normalized spacial score (nSPS) is 18.9. The molecule has 6 nitrogen and oxygen atoms in total. The Kier molecular flexibility index (Phi) is 8.42. The lowest BCUT2D eigenvalue weighted by Gasteiger charge is -2.28. The summed E-state index contributed by atoms with van der Waals surface area (Å²) in [5.41, 5.74) is 0. The SMILES string of the molecule is CC(C)CCOC(C)C(=O)NCC(C(=O)O)C1CCOCC1. The van der Waals surface area contributed by atoms with Crippen LogP contribution in [0.3, 0.4) is 0 Å². The van der Waals surface area contributed by atoms with E-state index in [1.807, 2.05) is 0 Å². The van der Waals surface area contributed by atoms with Gasteiger partial charge in [0.2, 0.25) is 5.91 Å². The zero-order valence-corrected chi connectivity index (χ0v) is 13.8. The van der Waals surface area contributed by atoms with Crippen molar-refractivity contribution in [3.63, 3.8) is 0 Å². The molecule has 6 heteroatoms. The Morgan fingerprint density at radius 1 is 1.27 bits per heavy atom. The van der Waals surface area contributed by atoms with E-state index in [9.17, 15) is 14.7 Å². The number of carbonyl (C=O) groups excluding carboxylic acids is 1. The van der Waals surface area contributed by atoms with Crippen LogP contribution in [0, 0.1) is 17.8 Å². The van der Waals surface area contributed by atoms with Crippen LogP contribution in [0.1, 0.15) is 40.0 Å². The van der Waals surface area contributed by atoms with Gasteiger partial charge in [-0.3, -0.25) is 9.59 Å². The van der Waals surface area contributed by atoms with Crippen LogP contribution < -0.4 is 5.32 Å². The van der Waals surface area contributed by atoms with Gasteiger partial charge in [0.25, 0.3) is 0 Å². The Hall–Kier alpha value is -1.14. The molecule has 1 saturated heterocycles. The molecule has 1 aliphatic rings. The van der Waals surface area contributed by atoms with Crippen LogP contribution in [0.2, 0.25) is 0 Å². The molecule has 1 rings (SSSR count). The number of nitrogens with one attached hydrogen (secondary N) is 1. The van der Waals surface area contributed by atoms with Crippen LogP contribution in [0.15, 0.2) is 0 Å².